The predicted molar refractivity (Wildman–Crippen MR) is 110 cm³/mol. The van der Waals surface area contributed by atoms with Crippen LogP contribution in [0.2, 0.25) is 0 Å². The average molecular weight is 395 g/mol. The van der Waals surface area contributed by atoms with Crippen LogP contribution in [0.25, 0.3) is 10.9 Å². The van der Waals surface area contributed by atoms with Crippen LogP contribution in [-0.4, -0.2) is 19.2 Å². The highest BCUT2D eigenvalue weighted by Gasteiger charge is 2.12. The van der Waals surface area contributed by atoms with Gasteiger partial charge in [-0.2, -0.15) is 5.26 Å². The normalized spacial score (nSPS) is 11.1. The second-order valence-corrected chi connectivity index (χ2v) is 8.22. The highest BCUT2D eigenvalue weighted by molar-refractivity contribution is 7.92. The molecule has 0 radical (unpaired) electrons. The summed E-state index contributed by atoms with van der Waals surface area (Å²) in [6, 6.07) is 18.4. The van der Waals surface area contributed by atoms with E-state index in [9.17, 15) is 13.7 Å². The number of nitrogens with one attached hydrogen (secondary N) is 1. The minimum atomic E-state index is -3.42. The van der Waals surface area contributed by atoms with Crippen molar-refractivity contribution in [1.29, 1.82) is 5.26 Å². The van der Waals surface area contributed by atoms with E-state index in [1.165, 1.54) is 6.07 Å². The Kier molecular flexibility index (Phi) is 6.12. The number of nitriles is 1. The number of rotatable bonds is 8. The Morgan fingerprint density at radius 3 is 2.75 bits per heavy atom. The van der Waals surface area contributed by atoms with Gasteiger partial charge in [0.1, 0.15) is 18.4 Å². The van der Waals surface area contributed by atoms with Gasteiger partial charge in [0.15, 0.2) is 0 Å². The third-order valence-corrected chi connectivity index (χ3v) is 5.54. The molecule has 0 aliphatic carbocycles. The molecular weight excluding hydrogens is 374 g/mol. The van der Waals surface area contributed by atoms with Crippen LogP contribution in [0.5, 0.6) is 5.75 Å². The fraction of sp³-hybridized carbons (Fsp3) is 0.238. The zero-order valence-corrected chi connectivity index (χ0v) is 16.4. The Labute approximate surface area is 164 Å². The van der Waals surface area contributed by atoms with Crippen LogP contribution in [0.3, 0.4) is 0 Å². The summed E-state index contributed by atoms with van der Waals surface area (Å²) in [6.07, 6.45) is 1.38. The van der Waals surface area contributed by atoms with E-state index in [2.05, 4.69) is 15.8 Å². The van der Waals surface area contributed by atoms with Gasteiger partial charge >= 0.3 is 0 Å². The maximum atomic E-state index is 12.0. The molecule has 3 aromatic rings. The molecule has 1 N–H and O–H groups in total. The summed E-state index contributed by atoms with van der Waals surface area (Å²) in [5.74, 6) is 0.436. The molecule has 0 saturated carbocycles. The lowest BCUT2D eigenvalue weighted by molar-refractivity contribution is 0.301. The van der Waals surface area contributed by atoms with Crippen LogP contribution in [0.15, 0.2) is 54.6 Å². The molecule has 28 heavy (non-hydrogen) atoms. The van der Waals surface area contributed by atoms with Gasteiger partial charge in [-0.05, 0) is 36.8 Å². The SMILES string of the molecule is CCCCS(=O)(=O)Nc1ccc(OCc2ccc3ccccc3n2)c(C#N)c1. The van der Waals surface area contributed by atoms with Crippen LogP contribution in [0, 0.1) is 11.3 Å². The van der Waals surface area contributed by atoms with Crippen LogP contribution in [0.1, 0.15) is 31.0 Å². The number of nitrogens with zero attached hydrogens (tertiary/aromatic N) is 2. The smallest absolute Gasteiger partial charge is 0.232 e. The second kappa shape index (κ2) is 8.72. The first-order valence-corrected chi connectivity index (χ1v) is 10.7. The number of pyridine rings is 1. The Balaban J connectivity index is 1.72. The lowest BCUT2D eigenvalue weighted by atomic mass is 10.2. The van der Waals surface area contributed by atoms with Crippen molar-refractivity contribution in [2.24, 2.45) is 0 Å². The standard InChI is InChI=1S/C21H21N3O3S/c1-2-3-12-28(25,26)24-18-10-11-21(17(13-18)14-22)27-15-19-9-8-16-6-4-5-7-20(16)23-19/h4-11,13,24H,2-3,12,15H2,1H3. The molecule has 0 atom stereocenters. The third kappa shape index (κ3) is 4.99. The zero-order chi connectivity index (χ0) is 20.0. The first-order chi connectivity index (χ1) is 13.5. The first-order valence-electron chi connectivity index (χ1n) is 9.03. The van der Waals surface area contributed by atoms with Gasteiger partial charge in [-0.25, -0.2) is 13.4 Å². The lowest BCUT2D eigenvalue weighted by Gasteiger charge is -2.11. The van der Waals surface area contributed by atoms with E-state index in [0.29, 0.717) is 17.9 Å². The number of ether oxygens (including phenoxy) is 1. The molecule has 1 heterocycles. The summed E-state index contributed by atoms with van der Waals surface area (Å²) < 4.78 is 32.3. The molecule has 0 spiro atoms. The van der Waals surface area contributed by atoms with Crippen molar-refractivity contribution in [3.8, 4) is 11.8 Å². The molecule has 0 amide bonds. The number of benzene rings is 2. The topological polar surface area (TPSA) is 92.1 Å². The monoisotopic (exact) mass is 395 g/mol. The van der Waals surface area contributed by atoms with E-state index in [-0.39, 0.29) is 17.9 Å². The molecular formula is C21H21N3O3S. The number of unbranched alkanes of at least 4 members (excludes halogenated alkanes) is 1. The maximum Gasteiger partial charge on any atom is 0.232 e. The maximum absolute atomic E-state index is 12.0. The van der Waals surface area contributed by atoms with E-state index in [4.69, 9.17) is 4.74 Å². The highest BCUT2D eigenvalue weighted by Crippen LogP contribution is 2.24. The van der Waals surface area contributed by atoms with Gasteiger partial charge in [0.05, 0.1) is 28.2 Å². The minimum absolute atomic E-state index is 0.0528. The van der Waals surface area contributed by atoms with Gasteiger partial charge in [0, 0.05) is 5.39 Å². The second-order valence-electron chi connectivity index (χ2n) is 6.38. The van der Waals surface area contributed by atoms with E-state index in [1.54, 1.807) is 12.1 Å². The summed E-state index contributed by atoms with van der Waals surface area (Å²) in [4.78, 5) is 4.54. The van der Waals surface area contributed by atoms with Crippen molar-refractivity contribution in [2.45, 2.75) is 26.4 Å². The van der Waals surface area contributed by atoms with Crippen molar-refractivity contribution in [3.63, 3.8) is 0 Å². The molecule has 0 saturated heterocycles. The molecule has 0 fully saturated rings. The predicted octanol–water partition coefficient (Wildman–Crippen LogP) is 4.23. The first kappa shape index (κ1) is 19.6. The molecule has 144 valence electrons. The lowest BCUT2D eigenvalue weighted by Crippen LogP contribution is -2.16. The van der Waals surface area contributed by atoms with E-state index >= 15 is 0 Å². The molecule has 6 nitrogen and oxygen atoms in total. The number of hydrogen-bond acceptors (Lipinski definition) is 5. The van der Waals surface area contributed by atoms with Gasteiger partial charge in [-0.1, -0.05) is 37.6 Å². The zero-order valence-electron chi connectivity index (χ0n) is 15.6. The summed E-state index contributed by atoms with van der Waals surface area (Å²) in [6.45, 7) is 2.14. The van der Waals surface area contributed by atoms with Crippen molar-refractivity contribution in [3.05, 3.63) is 65.9 Å². The van der Waals surface area contributed by atoms with E-state index < -0.39 is 10.0 Å². The van der Waals surface area contributed by atoms with Gasteiger partial charge in [-0.3, -0.25) is 4.72 Å². The number of anilines is 1. The van der Waals surface area contributed by atoms with Crippen molar-refractivity contribution >= 4 is 26.6 Å². The number of hydrogen-bond donors (Lipinski definition) is 1. The van der Waals surface area contributed by atoms with Crippen LogP contribution < -0.4 is 9.46 Å². The summed E-state index contributed by atoms with van der Waals surface area (Å²) >= 11 is 0. The van der Waals surface area contributed by atoms with Crippen LogP contribution >= 0.6 is 0 Å². The Hall–Kier alpha value is -3.11. The molecule has 0 aliphatic rings. The third-order valence-electron chi connectivity index (χ3n) is 4.17. The van der Waals surface area contributed by atoms with Crippen LogP contribution in [-0.2, 0) is 16.6 Å². The summed E-state index contributed by atoms with van der Waals surface area (Å²) in [5, 5.41) is 10.4. The van der Waals surface area contributed by atoms with Crippen molar-refractivity contribution in [2.75, 3.05) is 10.5 Å². The van der Waals surface area contributed by atoms with Crippen molar-refractivity contribution in [1.82, 2.24) is 4.98 Å². The quantitative estimate of drug-likeness (QED) is 0.616. The Bertz CT molecular complexity index is 1120. The van der Waals surface area contributed by atoms with Crippen LogP contribution in [0.4, 0.5) is 5.69 Å². The van der Waals surface area contributed by atoms with E-state index in [0.717, 1.165) is 23.0 Å². The molecule has 0 aliphatic heterocycles. The average Bonchev–Trinajstić information content (AvgIpc) is 2.70. The van der Waals surface area contributed by atoms with Gasteiger partial charge in [-0.15, -0.1) is 0 Å². The Morgan fingerprint density at radius 1 is 1.14 bits per heavy atom. The molecule has 0 unspecified atom stereocenters. The minimum Gasteiger partial charge on any atom is -0.486 e. The number of sulfonamides is 1. The number of fused-ring (bicyclic) bond motifs is 1. The molecule has 3 rings (SSSR count). The largest absolute Gasteiger partial charge is 0.486 e. The summed E-state index contributed by atoms with van der Waals surface area (Å²) in [7, 11) is -3.42. The Morgan fingerprint density at radius 2 is 1.96 bits per heavy atom. The number of para-hydroxylation sites is 1. The summed E-state index contributed by atoms with van der Waals surface area (Å²) in [5.41, 5.74) is 2.23. The number of aromatic nitrogens is 1. The fourth-order valence-corrected chi connectivity index (χ4v) is 3.97. The van der Waals surface area contributed by atoms with Gasteiger partial charge in [0.25, 0.3) is 0 Å². The molecule has 0 bridgehead atoms. The van der Waals surface area contributed by atoms with Gasteiger partial charge in [0.2, 0.25) is 10.0 Å². The van der Waals surface area contributed by atoms with E-state index in [1.807, 2.05) is 43.3 Å². The molecule has 1 aromatic heterocycles. The van der Waals surface area contributed by atoms with Gasteiger partial charge < -0.3 is 4.74 Å². The van der Waals surface area contributed by atoms with Crippen molar-refractivity contribution < 1.29 is 13.2 Å². The molecule has 7 heteroatoms. The fourth-order valence-electron chi connectivity index (χ4n) is 2.71. The highest BCUT2D eigenvalue weighted by atomic mass is 32.2. The molecule has 2 aromatic carbocycles.